The molecule has 2 aromatic carbocycles. The van der Waals surface area contributed by atoms with Gasteiger partial charge in [-0.3, -0.25) is 0 Å². The average molecular weight is 262 g/mol. The van der Waals surface area contributed by atoms with E-state index < -0.39 is 0 Å². The molecule has 0 saturated carbocycles. The van der Waals surface area contributed by atoms with Crippen LogP contribution in [0, 0.1) is 13.8 Å². The first-order valence-corrected chi connectivity index (χ1v) is 7.15. The van der Waals surface area contributed by atoms with Gasteiger partial charge in [0.25, 0.3) is 0 Å². The summed E-state index contributed by atoms with van der Waals surface area (Å²) < 4.78 is 0. The quantitative estimate of drug-likeness (QED) is 0.664. The molecule has 2 N–H and O–H groups in total. The van der Waals surface area contributed by atoms with Gasteiger partial charge in [-0.25, -0.2) is 0 Å². The molecule has 0 radical (unpaired) electrons. The summed E-state index contributed by atoms with van der Waals surface area (Å²) in [5, 5.41) is 4.97. The molecule has 4 rings (SSSR count). The summed E-state index contributed by atoms with van der Waals surface area (Å²) in [5.74, 6) is 0. The molecule has 0 bridgehead atoms. The summed E-state index contributed by atoms with van der Waals surface area (Å²) in [5.41, 5.74) is 7.91. The van der Waals surface area contributed by atoms with Gasteiger partial charge in [-0.2, -0.15) is 0 Å². The molecule has 0 fully saturated rings. The predicted octanol–water partition coefficient (Wildman–Crippen LogP) is 4.49. The number of para-hydroxylation sites is 2. The zero-order chi connectivity index (χ0) is 13.7. The molecule has 0 unspecified atom stereocenters. The number of anilines is 1. The van der Waals surface area contributed by atoms with Gasteiger partial charge in [0.2, 0.25) is 0 Å². The van der Waals surface area contributed by atoms with Crippen LogP contribution in [0.4, 0.5) is 5.69 Å². The van der Waals surface area contributed by atoms with Crippen molar-refractivity contribution in [2.45, 2.75) is 26.3 Å². The zero-order valence-corrected chi connectivity index (χ0v) is 11.8. The Labute approximate surface area is 118 Å². The molecule has 0 aliphatic carbocycles. The lowest BCUT2D eigenvalue weighted by Crippen LogP contribution is -2.06. The van der Waals surface area contributed by atoms with E-state index in [1.807, 2.05) is 0 Å². The third-order valence-electron chi connectivity index (χ3n) is 4.36. The zero-order valence-electron chi connectivity index (χ0n) is 11.8. The number of benzene rings is 2. The first-order chi connectivity index (χ1) is 9.72. The fourth-order valence-corrected chi connectivity index (χ4v) is 3.26. The maximum atomic E-state index is 3.67. The summed E-state index contributed by atoms with van der Waals surface area (Å²) in [7, 11) is 0. The van der Waals surface area contributed by atoms with E-state index in [0.29, 0.717) is 6.04 Å². The van der Waals surface area contributed by atoms with Crippen LogP contribution in [0.5, 0.6) is 0 Å². The minimum Gasteiger partial charge on any atom is -0.376 e. The smallest absolute Gasteiger partial charge is 0.0704 e. The summed E-state index contributed by atoms with van der Waals surface area (Å²) >= 11 is 0. The lowest BCUT2D eigenvalue weighted by Gasteiger charge is -2.10. The molecule has 0 saturated heterocycles. The first kappa shape index (κ1) is 11.6. The standard InChI is InChI=1S/C18H18N2/c1-11-5-3-7-13-9-15(19-17(11)13)16-10-14-8-4-6-12(2)18(14)20-16/h3-9,16,19-20H,10H2,1-2H3/t16-/m0/s1. The number of hydrogen-bond donors (Lipinski definition) is 2. The van der Waals surface area contributed by atoms with Crippen LogP contribution in [0.1, 0.15) is 28.4 Å². The highest BCUT2D eigenvalue weighted by Gasteiger charge is 2.24. The number of rotatable bonds is 1. The van der Waals surface area contributed by atoms with Crippen molar-refractivity contribution >= 4 is 16.6 Å². The van der Waals surface area contributed by atoms with Gasteiger partial charge in [-0.15, -0.1) is 0 Å². The second-order valence-electron chi connectivity index (χ2n) is 5.77. The lowest BCUT2D eigenvalue weighted by molar-refractivity contribution is 0.799. The SMILES string of the molecule is Cc1cccc2c1N[C@H](c1cc3cccc(C)c3[nH]1)C2. The fourth-order valence-electron chi connectivity index (χ4n) is 3.26. The molecule has 2 heteroatoms. The molecule has 2 nitrogen and oxygen atoms in total. The van der Waals surface area contributed by atoms with Crippen molar-refractivity contribution in [2.75, 3.05) is 5.32 Å². The second-order valence-corrected chi connectivity index (χ2v) is 5.77. The van der Waals surface area contributed by atoms with Crippen molar-refractivity contribution in [1.82, 2.24) is 4.98 Å². The molecule has 0 spiro atoms. The van der Waals surface area contributed by atoms with Crippen LogP contribution < -0.4 is 5.32 Å². The Morgan fingerprint density at radius 3 is 2.60 bits per heavy atom. The normalized spacial score (nSPS) is 17.2. The molecule has 0 amide bonds. The maximum absolute atomic E-state index is 3.67. The largest absolute Gasteiger partial charge is 0.376 e. The monoisotopic (exact) mass is 262 g/mol. The first-order valence-electron chi connectivity index (χ1n) is 7.15. The van der Waals surface area contributed by atoms with Gasteiger partial charge in [0.1, 0.15) is 0 Å². The third kappa shape index (κ3) is 1.64. The number of aromatic nitrogens is 1. The van der Waals surface area contributed by atoms with Gasteiger partial charge in [-0.1, -0.05) is 36.4 Å². The van der Waals surface area contributed by atoms with Gasteiger partial charge < -0.3 is 10.3 Å². The van der Waals surface area contributed by atoms with Crippen LogP contribution in [0.3, 0.4) is 0 Å². The van der Waals surface area contributed by atoms with Gasteiger partial charge in [0.05, 0.1) is 6.04 Å². The van der Waals surface area contributed by atoms with Crippen molar-refractivity contribution in [3.63, 3.8) is 0 Å². The summed E-state index contributed by atoms with van der Waals surface area (Å²) in [6.45, 7) is 4.33. The number of nitrogens with one attached hydrogen (secondary N) is 2. The molecular weight excluding hydrogens is 244 g/mol. The van der Waals surface area contributed by atoms with Crippen molar-refractivity contribution < 1.29 is 0 Å². The topological polar surface area (TPSA) is 27.8 Å². The van der Waals surface area contributed by atoms with Crippen molar-refractivity contribution in [2.24, 2.45) is 0 Å². The average Bonchev–Trinajstić information content (AvgIpc) is 3.03. The highest BCUT2D eigenvalue weighted by atomic mass is 15.0. The summed E-state index contributed by atoms with van der Waals surface area (Å²) in [6, 6.07) is 15.6. The van der Waals surface area contributed by atoms with Gasteiger partial charge >= 0.3 is 0 Å². The Bertz CT molecular complexity index is 798. The molecule has 20 heavy (non-hydrogen) atoms. The van der Waals surface area contributed by atoms with E-state index in [-0.39, 0.29) is 0 Å². The van der Waals surface area contributed by atoms with Crippen molar-refractivity contribution in [1.29, 1.82) is 0 Å². The number of aromatic amines is 1. The van der Waals surface area contributed by atoms with Crippen LogP contribution >= 0.6 is 0 Å². The van der Waals surface area contributed by atoms with E-state index >= 15 is 0 Å². The Morgan fingerprint density at radius 1 is 1.00 bits per heavy atom. The molecule has 1 atom stereocenters. The molecule has 1 aliphatic rings. The minimum absolute atomic E-state index is 0.359. The van der Waals surface area contributed by atoms with Crippen LogP contribution in [0.2, 0.25) is 0 Å². The Morgan fingerprint density at radius 2 is 1.80 bits per heavy atom. The van der Waals surface area contributed by atoms with Crippen LogP contribution in [-0.4, -0.2) is 4.98 Å². The molecule has 100 valence electrons. The van der Waals surface area contributed by atoms with Gasteiger partial charge in [0.15, 0.2) is 0 Å². The maximum Gasteiger partial charge on any atom is 0.0704 e. The van der Waals surface area contributed by atoms with E-state index in [1.165, 1.54) is 39.0 Å². The van der Waals surface area contributed by atoms with Crippen molar-refractivity contribution in [3.8, 4) is 0 Å². The van der Waals surface area contributed by atoms with E-state index in [1.54, 1.807) is 0 Å². The summed E-state index contributed by atoms with van der Waals surface area (Å²) in [4.78, 5) is 3.60. The van der Waals surface area contributed by atoms with Crippen LogP contribution in [0.25, 0.3) is 10.9 Å². The van der Waals surface area contributed by atoms with Crippen molar-refractivity contribution in [3.05, 3.63) is 64.8 Å². The summed E-state index contributed by atoms with van der Waals surface area (Å²) in [6.07, 6.45) is 1.06. The molecule has 1 aliphatic heterocycles. The minimum atomic E-state index is 0.359. The number of hydrogen-bond acceptors (Lipinski definition) is 1. The number of fused-ring (bicyclic) bond motifs is 2. The Kier molecular flexibility index (Phi) is 2.40. The molecular formula is C18H18N2. The Hall–Kier alpha value is -2.22. The number of H-pyrrole nitrogens is 1. The molecule has 1 aromatic heterocycles. The molecule has 2 heterocycles. The second kappa shape index (κ2) is 4.14. The lowest BCUT2D eigenvalue weighted by atomic mass is 10.1. The van der Waals surface area contributed by atoms with E-state index in [4.69, 9.17) is 0 Å². The van der Waals surface area contributed by atoms with Gasteiger partial charge in [0, 0.05) is 23.3 Å². The Balaban J connectivity index is 1.75. The van der Waals surface area contributed by atoms with E-state index in [2.05, 4.69) is 66.6 Å². The van der Waals surface area contributed by atoms with E-state index in [0.717, 1.165) is 6.42 Å². The van der Waals surface area contributed by atoms with Crippen LogP contribution in [-0.2, 0) is 6.42 Å². The highest BCUT2D eigenvalue weighted by molar-refractivity contribution is 5.83. The molecule has 3 aromatic rings. The fraction of sp³-hybridized carbons (Fsp3) is 0.222. The number of aryl methyl sites for hydroxylation is 2. The van der Waals surface area contributed by atoms with E-state index in [9.17, 15) is 0 Å². The third-order valence-corrected chi connectivity index (χ3v) is 4.36. The predicted molar refractivity (Wildman–Crippen MR) is 84.3 cm³/mol. The van der Waals surface area contributed by atoms with Gasteiger partial charge in [-0.05, 0) is 42.0 Å². The highest BCUT2D eigenvalue weighted by Crippen LogP contribution is 2.36. The van der Waals surface area contributed by atoms with Crippen LogP contribution in [0.15, 0.2) is 42.5 Å².